The second kappa shape index (κ2) is 6.48. The lowest BCUT2D eigenvalue weighted by atomic mass is 10.2. The van der Waals surface area contributed by atoms with Crippen molar-refractivity contribution in [1.29, 1.82) is 0 Å². The third-order valence-electron chi connectivity index (χ3n) is 3.77. The van der Waals surface area contributed by atoms with Gasteiger partial charge in [-0.15, -0.1) is 10.2 Å². The Morgan fingerprint density at radius 2 is 2.24 bits per heavy atom. The molecule has 3 aromatic heterocycles. The van der Waals surface area contributed by atoms with E-state index in [2.05, 4.69) is 20.7 Å². The summed E-state index contributed by atoms with van der Waals surface area (Å²) >= 11 is 1.56. The van der Waals surface area contributed by atoms with Crippen molar-refractivity contribution in [3.8, 4) is 11.4 Å². The van der Waals surface area contributed by atoms with Gasteiger partial charge in [-0.1, -0.05) is 18.2 Å². The van der Waals surface area contributed by atoms with E-state index in [9.17, 15) is 4.79 Å². The average molecular weight is 353 g/mol. The molecule has 25 heavy (non-hydrogen) atoms. The first kappa shape index (κ1) is 15.5. The van der Waals surface area contributed by atoms with Gasteiger partial charge in [-0.3, -0.25) is 4.79 Å². The van der Waals surface area contributed by atoms with Crippen LogP contribution in [-0.2, 0) is 11.3 Å². The lowest BCUT2D eigenvalue weighted by molar-refractivity contribution is -0.122. The van der Waals surface area contributed by atoms with E-state index in [1.54, 1.807) is 11.3 Å². The van der Waals surface area contributed by atoms with Crippen LogP contribution in [-0.4, -0.2) is 26.1 Å². The summed E-state index contributed by atoms with van der Waals surface area (Å²) in [5.41, 5.74) is 1.70. The number of carbonyl (C=O) groups excluding carboxylic acids is 1. The number of aromatic nitrogens is 4. The van der Waals surface area contributed by atoms with Gasteiger partial charge in [0.2, 0.25) is 11.7 Å². The minimum atomic E-state index is -0.250. The largest absolute Gasteiger partial charge is 0.459 e. The van der Waals surface area contributed by atoms with Crippen LogP contribution in [0.3, 0.4) is 0 Å². The summed E-state index contributed by atoms with van der Waals surface area (Å²) in [6.07, 6.45) is 0. The van der Waals surface area contributed by atoms with Gasteiger partial charge in [-0.05, 0) is 35.7 Å². The number of tetrazole rings is 1. The van der Waals surface area contributed by atoms with Gasteiger partial charge in [0.1, 0.15) is 17.9 Å². The summed E-state index contributed by atoms with van der Waals surface area (Å²) in [6, 6.07) is 11.3. The summed E-state index contributed by atoms with van der Waals surface area (Å²) in [4.78, 5) is 13.5. The molecule has 0 saturated carbocycles. The number of nitrogens with one attached hydrogen (secondary N) is 1. The van der Waals surface area contributed by atoms with Crippen molar-refractivity contribution in [2.75, 3.05) is 0 Å². The van der Waals surface area contributed by atoms with Crippen molar-refractivity contribution in [1.82, 2.24) is 25.5 Å². The van der Waals surface area contributed by atoms with Crippen molar-refractivity contribution < 1.29 is 9.21 Å². The summed E-state index contributed by atoms with van der Waals surface area (Å²) in [5.74, 6) is 1.02. The third kappa shape index (κ3) is 3.29. The fraction of sp³-hybridized carbons (Fsp3) is 0.176. The molecule has 126 valence electrons. The van der Waals surface area contributed by atoms with Crippen molar-refractivity contribution in [3.05, 3.63) is 52.9 Å². The molecule has 7 nitrogen and oxygen atoms in total. The van der Waals surface area contributed by atoms with Gasteiger partial charge in [-0.25, -0.2) is 0 Å². The molecule has 0 saturated heterocycles. The van der Waals surface area contributed by atoms with Crippen LogP contribution in [0.15, 0.2) is 51.6 Å². The predicted octanol–water partition coefficient (Wildman–Crippen LogP) is 3.03. The summed E-state index contributed by atoms with van der Waals surface area (Å²) in [5, 5.41) is 19.9. The highest BCUT2D eigenvalue weighted by atomic mass is 32.1. The zero-order chi connectivity index (χ0) is 17.2. The Bertz CT molecular complexity index is 972. The van der Waals surface area contributed by atoms with Crippen LogP contribution in [0.1, 0.15) is 18.7 Å². The van der Waals surface area contributed by atoms with Crippen LogP contribution in [0.25, 0.3) is 22.4 Å². The zero-order valence-electron chi connectivity index (χ0n) is 13.4. The molecule has 8 heteroatoms. The predicted molar refractivity (Wildman–Crippen MR) is 93.9 cm³/mol. The van der Waals surface area contributed by atoms with E-state index in [1.807, 2.05) is 54.1 Å². The molecule has 0 radical (unpaired) electrons. The second-order valence-electron chi connectivity index (χ2n) is 5.63. The molecule has 0 fully saturated rings. The molecule has 1 atom stereocenters. The van der Waals surface area contributed by atoms with Gasteiger partial charge in [0, 0.05) is 16.3 Å². The smallest absolute Gasteiger partial charge is 0.244 e. The molecular weight excluding hydrogens is 338 g/mol. The lowest BCUT2D eigenvalue weighted by Crippen LogP contribution is -2.30. The van der Waals surface area contributed by atoms with Gasteiger partial charge in [0.15, 0.2) is 0 Å². The van der Waals surface area contributed by atoms with Crippen LogP contribution in [0, 0.1) is 0 Å². The van der Waals surface area contributed by atoms with Crippen LogP contribution in [0.2, 0.25) is 0 Å². The van der Waals surface area contributed by atoms with Gasteiger partial charge >= 0.3 is 0 Å². The first-order valence-electron chi connectivity index (χ1n) is 7.77. The summed E-state index contributed by atoms with van der Waals surface area (Å²) in [7, 11) is 0. The second-order valence-corrected chi connectivity index (χ2v) is 6.41. The molecule has 0 aliphatic heterocycles. The molecule has 0 aliphatic rings. The average Bonchev–Trinajstić information content (AvgIpc) is 3.34. The standard InChI is InChI=1S/C17H15N5O2S/c1-11(15-8-12-4-2-3-5-14(12)24-15)18-16(23)9-22-20-17(19-21-22)13-6-7-25-10-13/h2-8,10-11H,9H2,1H3,(H,18,23)/t11-/m1/s1. The van der Waals surface area contributed by atoms with Gasteiger partial charge in [-0.2, -0.15) is 16.1 Å². The Kier molecular flexibility index (Phi) is 4.02. The Hall–Kier alpha value is -3.00. The van der Waals surface area contributed by atoms with E-state index in [0.717, 1.165) is 16.5 Å². The molecule has 0 unspecified atom stereocenters. The highest BCUT2D eigenvalue weighted by Crippen LogP contribution is 2.23. The number of rotatable bonds is 5. The minimum Gasteiger partial charge on any atom is -0.459 e. The molecular formula is C17H15N5O2S. The number of para-hydroxylation sites is 1. The molecule has 1 amide bonds. The molecule has 4 aromatic rings. The highest BCUT2D eigenvalue weighted by molar-refractivity contribution is 7.08. The molecule has 4 rings (SSSR count). The number of furan rings is 1. The van der Waals surface area contributed by atoms with Crippen molar-refractivity contribution >= 4 is 28.2 Å². The first-order valence-corrected chi connectivity index (χ1v) is 8.71. The normalized spacial score (nSPS) is 12.4. The Morgan fingerprint density at radius 1 is 1.36 bits per heavy atom. The molecule has 3 heterocycles. The van der Waals surface area contributed by atoms with E-state index in [4.69, 9.17) is 4.42 Å². The minimum absolute atomic E-state index is 0.00169. The number of nitrogens with zero attached hydrogens (tertiary/aromatic N) is 4. The maximum atomic E-state index is 12.2. The van der Waals surface area contributed by atoms with Crippen molar-refractivity contribution in [2.45, 2.75) is 19.5 Å². The monoisotopic (exact) mass is 353 g/mol. The molecule has 0 aliphatic carbocycles. The van der Waals surface area contributed by atoms with Crippen LogP contribution in [0.4, 0.5) is 0 Å². The zero-order valence-corrected chi connectivity index (χ0v) is 14.2. The van der Waals surface area contributed by atoms with Crippen molar-refractivity contribution in [3.63, 3.8) is 0 Å². The molecule has 0 bridgehead atoms. The molecule has 1 N–H and O–H groups in total. The van der Waals surface area contributed by atoms with E-state index in [-0.39, 0.29) is 18.5 Å². The number of hydrogen-bond donors (Lipinski definition) is 1. The molecule has 1 aromatic carbocycles. The summed E-state index contributed by atoms with van der Waals surface area (Å²) in [6.45, 7) is 1.88. The van der Waals surface area contributed by atoms with E-state index < -0.39 is 0 Å². The fourth-order valence-corrected chi connectivity index (χ4v) is 3.15. The Morgan fingerprint density at radius 3 is 3.04 bits per heavy atom. The van der Waals surface area contributed by atoms with Gasteiger partial charge in [0.25, 0.3) is 0 Å². The topological polar surface area (TPSA) is 85.8 Å². The SMILES string of the molecule is C[C@@H](NC(=O)Cn1nnc(-c2ccsc2)n1)c1cc2ccccc2o1. The number of carbonyl (C=O) groups is 1. The molecule has 0 spiro atoms. The first-order chi connectivity index (χ1) is 12.2. The Balaban J connectivity index is 1.41. The number of fused-ring (bicyclic) bond motifs is 1. The van der Waals surface area contributed by atoms with Gasteiger partial charge < -0.3 is 9.73 Å². The third-order valence-corrected chi connectivity index (χ3v) is 4.45. The van der Waals surface area contributed by atoms with Crippen LogP contribution in [0.5, 0.6) is 0 Å². The van der Waals surface area contributed by atoms with Crippen molar-refractivity contribution in [2.24, 2.45) is 0 Å². The summed E-state index contributed by atoms with van der Waals surface area (Å²) < 4.78 is 5.77. The quantitative estimate of drug-likeness (QED) is 0.596. The van der Waals surface area contributed by atoms with Gasteiger partial charge in [0.05, 0.1) is 6.04 Å². The number of hydrogen-bond acceptors (Lipinski definition) is 6. The fourth-order valence-electron chi connectivity index (χ4n) is 2.52. The van der Waals surface area contributed by atoms with Crippen LogP contribution < -0.4 is 5.32 Å². The highest BCUT2D eigenvalue weighted by Gasteiger charge is 2.16. The number of amides is 1. The number of thiophene rings is 1. The maximum absolute atomic E-state index is 12.2. The Labute approximate surface area is 147 Å². The van der Waals surface area contributed by atoms with E-state index in [0.29, 0.717) is 11.6 Å². The number of benzene rings is 1. The lowest BCUT2D eigenvalue weighted by Gasteiger charge is -2.10. The van der Waals surface area contributed by atoms with E-state index >= 15 is 0 Å². The van der Waals surface area contributed by atoms with E-state index in [1.165, 1.54) is 4.80 Å². The maximum Gasteiger partial charge on any atom is 0.244 e. The van der Waals surface area contributed by atoms with Crippen LogP contribution >= 0.6 is 11.3 Å².